The molecule has 3 N–H and O–H groups in total. The second-order valence-electron chi connectivity index (χ2n) is 5.07. The first-order valence-corrected chi connectivity index (χ1v) is 6.28. The lowest BCUT2D eigenvalue weighted by atomic mass is 9.77. The molecule has 2 rings (SSSR count). The number of nitrogens with two attached hydrogens (primary N) is 1. The summed E-state index contributed by atoms with van der Waals surface area (Å²) in [6.07, 6.45) is 4.08. The fourth-order valence-corrected chi connectivity index (χ4v) is 2.10. The topological polar surface area (TPSA) is 80.5 Å². The summed E-state index contributed by atoms with van der Waals surface area (Å²) in [5, 5.41) is 2.86. The lowest BCUT2D eigenvalue weighted by Crippen LogP contribution is -2.56. The molecule has 1 saturated carbocycles. The second-order valence-corrected chi connectivity index (χ2v) is 5.07. The Balaban J connectivity index is 2.30. The molecule has 1 aliphatic rings. The zero-order valence-electron chi connectivity index (χ0n) is 11.6. The van der Waals surface area contributed by atoms with Crippen molar-refractivity contribution in [1.29, 1.82) is 0 Å². The molecule has 0 atom stereocenters. The molecule has 0 aliphatic heterocycles. The maximum Gasteiger partial charge on any atom is 0.244 e. The number of pyridine rings is 1. The van der Waals surface area contributed by atoms with Gasteiger partial charge in [-0.25, -0.2) is 4.98 Å². The van der Waals surface area contributed by atoms with E-state index in [1.807, 2.05) is 25.1 Å². The molecule has 19 heavy (non-hydrogen) atoms. The smallest absolute Gasteiger partial charge is 0.244 e. The molecule has 1 fully saturated rings. The van der Waals surface area contributed by atoms with Crippen LogP contribution in [0.5, 0.6) is 5.88 Å². The molecule has 6 heteroatoms. The molecule has 1 aromatic heterocycles. The highest BCUT2D eigenvalue weighted by molar-refractivity contribution is 6.02. The van der Waals surface area contributed by atoms with Crippen molar-refractivity contribution in [3.05, 3.63) is 12.3 Å². The van der Waals surface area contributed by atoms with Gasteiger partial charge in [-0.15, -0.1) is 0 Å². The lowest BCUT2D eigenvalue weighted by molar-refractivity contribution is -0.123. The van der Waals surface area contributed by atoms with Crippen LogP contribution in [0, 0.1) is 0 Å². The summed E-state index contributed by atoms with van der Waals surface area (Å²) in [4.78, 5) is 18.2. The Morgan fingerprint density at radius 2 is 2.21 bits per heavy atom. The first-order valence-electron chi connectivity index (χ1n) is 6.28. The summed E-state index contributed by atoms with van der Waals surface area (Å²) >= 11 is 0. The van der Waals surface area contributed by atoms with Crippen LogP contribution in [0.1, 0.15) is 19.3 Å². The van der Waals surface area contributed by atoms with E-state index < -0.39 is 5.54 Å². The van der Waals surface area contributed by atoms with E-state index in [-0.39, 0.29) is 5.91 Å². The molecule has 104 valence electrons. The van der Waals surface area contributed by atoms with Crippen LogP contribution in [0.25, 0.3) is 0 Å². The SMILES string of the molecule is COc1nccc(N(C)C)c1NC(=O)C1(N)CCC1. The third kappa shape index (κ3) is 2.49. The standard InChI is InChI=1S/C13H20N4O2/c1-17(2)9-5-8-15-11(19-3)10(9)16-12(18)13(14)6-4-7-13/h5,8H,4,6-7,14H2,1-3H3,(H,16,18). The van der Waals surface area contributed by atoms with Crippen LogP contribution in [0.15, 0.2) is 12.3 Å². The molecule has 0 unspecified atom stereocenters. The van der Waals surface area contributed by atoms with Gasteiger partial charge in [-0.3, -0.25) is 4.79 Å². The fraction of sp³-hybridized carbons (Fsp3) is 0.538. The van der Waals surface area contributed by atoms with Crippen molar-refractivity contribution >= 4 is 17.3 Å². The maximum atomic E-state index is 12.2. The Morgan fingerprint density at radius 3 is 2.68 bits per heavy atom. The molecule has 1 aromatic rings. The number of hydrogen-bond acceptors (Lipinski definition) is 5. The number of rotatable bonds is 4. The highest BCUT2D eigenvalue weighted by Gasteiger charge is 2.40. The summed E-state index contributed by atoms with van der Waals surface area (Å²) in [5.41, 5.74) is 6.68. The molecule has 0 saturated heterocycles. The summed E-state index contributed by atoms with van der Waals surface area (Å²) in [5.74, 6) is 0.218. The van der Waals surface area contributed by atoms with Gasteiger partial charge >= 0.3 is 0 Å². The van der Waals surface area contributed by atoms with E-state index in [0.29, 0.717) is 11.6 Å². The minimum absolute atomic E-state index is 0.173. The molecule has 1 heterocycles. The van der Waals surface area contributed by atoms with Crippen LogP contribution in [-0.2, 0) is 4.79 Å². The van der Waals surface area contributed by atoms with Crippen molar-refractivity contribution in [2.75, 3.05) is 31.4 Å². The molecule has 0 aromatic carbocycles. The van der Waals surface area contributed by atoms with Crippen LogP contribution in [0.3, 0.4) is 0 Å². The van der Waals surface area contributed by atoms with Gasteiger partial charge in [-0.05, 0) is 25.3 Å². The van der Waals surface area contributed by atoms with E-state index in [2.05, 4.69) is 10.3 Å². The lowest BCUT2D eigenvalue weighted by Gasteiger charge is -2.36. The molecular formula is C13H20N4O2. The van der Waals surface area contributed by atoms with E-state index >= 15 is 0 Å². The number of anilines is 2. The predicted molar refractivity (Wildman–Crippen MR) is 74.5 cm³/mol. The first-order chi connectivity index (χ1) is 8.98. The van der Waals surface area contributed by atoms with Gasteiger partial charge < -0.3 is 20.7 Å². The number of nitrogens with one attached hydrogen (secondary N) is 1. The van der Waals surface area contributed by atoms with Crippen LogP contribution in [0.2, 0.25) is 0 Å². The van der Waals surface area contributed by atoms with E-state index in [9.17, 15) is 4.79 Å². The summed E-state index contributed by atoms with van der Waals surface area (Å²) in [6.45, 7) is 0. The highest BCUT2D eigenvalue weighted by atomic mass is 16.5. The van der Waals surface area contributed by atoms with E-state index in [1.54, 1.807) is 6.20 Å². The molecular weight excluding hydrogens is 244 g/mol. The number of nitrogens with zero attached hydrogens (tertiary/aromatic N) is 2. The Morgan fingerprint density at radius 1 is 1.53 bits per heavy atom. The molecule has 1 amide bonds. The molecule has 6 nitrogen and oxygen atoms in total. The summed E-state index contributed by atoms with van der Waals surface area (Å²) in [6, 6.07) is 1.82. The van der Waals surface area contributed by atoms with Gasteiger partial charge in [-0.1, -0.05) is 0 Å². The Labute approximate surface area is 112 Å². The zero-order valence-corrected chi connectivity index (χ0v) is 11.6. The van der Waals surface area contributed by atoms with E-state index in [0.717, 1.165) is 24.9 Å². The predicted octanol–water partition coefficient (Wildman–Crippen LogP) is 0.976. The number of carbonyl (C=O) groups is 1. The minimum atomic E-state index is -0.746. The van der Waals surface area contributed by atoms with Gasteiger partial charge in [0.2, 0.25) is 11.8 Å². The second kappa shape index (κ2) is 5.05. The molecule has 0 bridgehead atoms. The Hall–Kier alpha value is -1.82. The van der Waals surface area contributed by atoms with Crippen molar-refractivity contribution in [2.24, 2.45) is 5.73 Å². The van der Waals surface area contributed by atoms with Crippen molar-refractivity contribution < 1.29 is 9.53 Å². The van der Waals surface area contributed by atoms with Crippen LogP contribution in [-0.4, -0.2) is 37.6 Å². The van der Waals surface area contributed by atoms with Crippen LogP contribution < -0.4 is 20.7 Å². The summed E-state index contributed by atoms with van der Waals surface area (Å²) < 4.78 is 5.21. The Bertz CT molecular complexity index is 484. The molecule has 0 radical (unpaired) electrons. The number of aromatic nitrogens is 1. The number of hydrogen-bond donors (Lipinski definition) is 2. The number of amides is 1. The van der Waals surface area contributed by atoms with Crippen molar-refractivity contribution in [2.45, 2.75) is 24.8 Å². The monoisotopic (exact) mass is 264 g/mol. The average Bonchev–Trinajstić information content (AvgIpc) is 2.35. The highest BCUT2D eigenvalue weighted by Crippen LogP contribution is 2.35. The van der Waals surface area contributed by atoms with Gasteiger partial charge in [0.1, 0.15) is 5.69 Å². The Kier molecular flexibility index (Phi) is 3.61. The normalized spacial score (nSPS) is 16.4. The number of ether oxygens (including phenoxy) is 1. The van der Waals surface area contributed by atoms with Crippen LogP contribution >= 0.6 is 0 Å². The van der Waals surface area contributed by atoms with E-state index in [1.165, 1.54) is 7.11 Å². The van der Waals surface area contributed by atoms with Crippen LogP contribution in [0.4, 0.5) is 11.4 Å². The van der Waals surface area contributed by atoms with Crippen molar-refractivity contribution in [3.63, 3.8) is 0 Å². The zero-order chi connectivity index (χ0) is 14.0. The van der Waals surface area contributed by atoms with Crippen molar-refractivity contribution in [3.8, 4) is 5.88 Å². The average molecular weight is 264 g/mol. The largest absolute Gasteiger partial charge is 0.479 e. The van der Waals surface area contributed by atoms with Gasteiger partial charge in [-0.2, -0.15) is 0 Å². The minimum Gasteiger partial charge on any atom is -0.479 e. The maximum absolute atomic E-state index is 12.2. The van der Waals surface area contributed by atoms with Gasteiger partial charge in [0.25, 0.3) is 0 Å². The van der Waals surface area contributed by atoms with Gasteiger partial charge in [0.15, 0.2) is 0 Å². The van der Waals surface area contributed by atoms with Gasteiger partial charge in [0.05, 0.1) is 18.3 Å². The quantitative estimate of drug-likeness (QED) is 0.847. The number of carbonyl (C=O) groups excluding carboxylic acids is 1. The summed E-state index contributed by atoms with van der Waals surface area (Å²) in [7, 11) is 5.32. The first kappa shape index (κ1) is 13.6. The molecule has 0 spiro atoms. The third-order valence-corrected chi connectivity index (χ3v) is 3.51. The molecule has 1 aliphatic carbocycles. The van der Waals surface area contributed by atoms with Crippen molar-refractivity contribution in [1.82, 2.24) is 4.98 Å². The van der Waals surface area contributed by atoms with Gasteiger partial charge in [0, 0.05) is 20.3 Å². The fourth-order valence-electron chi connectivity index (χ4n) is 2.10. The van der Waals surface area contributed by atoms with E-state index in [4.69, 9.17) is 10.5 Å². The number of methoxy groups -OCH3 is 1. The third-order valence-electron chi connectivity index (χ3n) is 3.51.